The van der Waals surface area contributed by atoms with Gasteiger partial charge >= 0.3 is 5.97 Å². The first kappa shape index (κ1) is 15.2. The summed E-state index contributed by atoms with van der Waals surface area (Å²) in [6, 6.07) is 0. The van der Waals surface area contributed by atoms with E-state index in [2.05, 4.69) is 6.92 Å². The normalized spacial score (nSPS) is 11.9. The fourth-order valence-electron chi connectivity index (χ4n) is 1.39. The van der Waals surface area contributed by atoms with Crippen LogP contribution in [0, 0.1) is 5.92 Å². The number of esters is 1. The molecule has 16 heavy (non-hydrogen) atoms. The molecule has 0 aliphatic carbocycles. The third-order valence-electron chi connectivity index (χ3n) is 2.35. The van der Waals surface area contributed by atoms with Gasteiger partial charge in [0.2, 0.25) is 0 Å². The Morgan fingerprint density at radius 1 is 1.25 bits per heavy atom. The molecule has 0 atom stereocenters. The maximum Gasteiger partial charge on any atom is 0.330 e. The second kappa shape index (κ2) is 9.44. The number of carbonyl (C=O) groups is 1. The lowest BCUT2D eigenvalue weighted by molar-refractivity contribution is -0.138. The van der Waals surface area contributed by atoms with Crippen molar-refractivity contribution in [3.05, 3.63) is 11.6 Å². The number of hydrogen-bond acceptors (Lipinski definition) is 2. The summed E-state index contributed by atoms with van der Waals surface area (Å²) in [5, 5.41) is 0. The van der Waals surface area contributed by atoms with Gasteiger partial charge in [-0.2, -0.15) is 0 Å². The number of unbranched alkanes of at least 4 members (excludes halogenated alkanes) is 3. The summed E-state index contributed by atoms with van der Waals surface area (Å²) < 4.78 is 5.09. The molecule has 0 aliphatic heterocycles. The van der Waals surface area contributed by atoms with Crippen LogP contribution in [0.25, 0.3) is 0 Å². The molecular weight excluding hydrogens is 200 g/mol. The maximum atomic E-state index is 11.3. The summed E-state index contributed by atoms with van der Waals surface area (Å²) in [4.78, 5) is 11.3. The Labute approximate surface area is 100 Å². The molecule has 0 aliphatic rings. The summed E-state index contributed by atoms with van der Waals surface area (Å²) in [5.41, 5.74) is 1.13. The third-order valence-corrected chi connectivity index (χ3v) is 2.35. The Balaban J connectivity index is 3.70. The van der Waals surface area contributed by atoms with Crippen molar-refractivity contribution in [1.82, 2.24) is 0 Å². The van der Waals surface area contributed by atoms with E-state index in [4.69, 9.17) is 4.74 Å². The predicted molar refractivity (Wildman–Crippen MR) is 68.3 cm³/mol. The molecule has 0 spiro atoms. The van der Waals surface area contributed by atoms with E-state index in [1.165, 1.54) is 25.7 Å². The molecular formula is C14H26O2. The molecule has 94 valence electrons. The molecule has 0 radical (unpaired) electrons. The summed E-state index contributed by atoms with van der Waals surface area (Å²) in [6.07, 6.45) is 7.60. The average molecular weight is 226 g/mol. The smallest absolute Gasteiger partial charge is 0.330 e. The van der Waals surface area contributed by atoms with E-state index < -0.39 is 0 Å². The number of ether oxygens (including phenoxy) is 1. The second-order valence-electron chi connectivity index (χ2n) is 4.83. The molecule has 0 aromatic heterocycles. The van der Waals surface area contributed by atoms with E-state index >= 15 is 0 Å². The second-order valence-corrected chi connectivity index (χ2v) is 4.83. The van der Waals surface area contributed by atoms with E-state index in [9.17, 15) is 4.79 Å². The molecule has 0 saturated heterocycles. The van der Waals surface area contributed by atoms with E-state index in [0.717, 1.165) is 12.0 Å². The predicted octanol–water partition coefficient (Wildman–Crippen LogP) is 4.10. The lowest BCUT2D eigenvalue weighted by atomic mass is 10.1. The molecule has 2 heteroatoms. The summed E-state index contributed by atoms with van der Waals surface area (Å²) in [6.45, 7) is 8.79. The fourth-order valence-corrected chi connectivity index (χ4v) is 1.39. The van der Waals surface area contributed by atoms with Crippen molar-refractivity contribution in [2.75, 3.05) is 6.61 Å². The highest BCUT2D eigenvalue weighted by atomic mass is 16.5. The van der Waals surface area contributed by atoms with Crippen LogP contribution < -0.4 is 0 Å². The lowest BCUT2D eigenvalue weighted by Gasteiger charge is -2.05. The minimum absolute atomic E-state index is 0.193. The molecule has 0 heterocycles. The lowest BCUT2D eigenvalue weighted by Crippen LogP contribution is -2.07. The van der Waals surface area contributed by atoms with Gasteiger partial charge < -0.3 is 4.74 Å². The Bertz CT molecular complexity index is 217. The molecule has 0 unspecified atom stereocenters. The van der Waals surface area contributed by atoms with Crippen LogP contribution in [-0.4, -0.2) is 12.6 Å². The van der Waals surface area contributed by atoms with Gasteiger partial charge in [0, 0.05) is 6.08 Å². The van der Waals surface area contributed by atoms with Crippen LogP contribution in [0.4, 0.5) is 0 Å². The van der Waals surface area contributed by atoms with Crippen LogP contribution in [0.15, 0.2) is 11.6 Å². The molecule has 0 N–H and O–H groups in total. The van der Waals surface area contributed by atoms with Crippen molar-refractivity contribution < 1.29 is 9.53 Å². The van der Waals surface area contributed by atoms with Crippen LogP contribution in [-0.2, 0) is 9.53 Å². The van der Waals surface area contributed by atoms with Crippen molar-refractivity contribution in [2.24, 2.45) is 5.92 Å². The fraction of sp³-hybridized carbons (Fsp3) is 0.786. The Morgan fingerprint density at radius 3 is 2.50 bits per heavy atom. The Morgan fingerprint density at radius 2 is 1.94 bits per heavy atom. The molecule has 0 amide bonds. The van der Waals surface area contributed by atoms with Crippen LogP contribution in [0.2, 0.25) is 0 Å². The number of carbonyl (C=O) groups excluding carboxylic acids is 1. The van der Waals surface area contributed by atoms with E-state index in [1.807, 2.05) is 20.8 Å². The summed E-state index contributed by atoms with van der Waals surface area (Å²) in [5.74, 6) is 0.212. The average Bonchev–Trinajstić information content (AvgIpc) is 2.21. The van der Waals surface area contributed by atoms with Gasteiger partial charge in [-0.3, -0.25) is 0 Å². The van der Waals surface area contributed by atoms with Crippen molar-refractivity contribution >= 4 is 5.97 Å². The van der Waals surface area contributed by atoms with Crippen molar-refractivity contribution in [3.63, 3.8) is 0 Å². The topological polar surface area (TPSA) is 26.3 Å². The zero-order chi connectivity index (χ0) is 12.4. The van der Waals surface area contributed by atoms with Gasteiger partial charge in [0.25, 0.3) is 0 Å². The molecule has 0 aromatic rings. The monoisotopic (exact) mass is 226 g/mol. The van der Waals surface area contributed by atoms with E-state index in [1.54, 1.807) is 6.08 Å². The van der Waals surface area contributed by atoms with Gasteiger partial charge in [0.05, 0.1) is 6.61 Å². The minimum Gasteiger partial charge on any atom is -0.462 e. The highest BCUT2D eigenvalue weighted by Gasteiger charge is 2.01. The Kier molecular flexibility index (Phi) is 8.97. The number of rotatable bonds is 8. The molecule has 0 bridgehead atoms. The SMILES string of the molecule is CCCCCCC(C)=CC(=O)OCC(C)C. The molecule has 0 rings (SSSR count). The highest BCUT2D eigenvalue weighted by Crippen LogP contribution is 2.09. The van der Waals surface area contributed by atoms with Crippen molar-refractivity contribution in [3.8, 4) is 0 Å². The van der Waals surface area contributed by atoms with Gasteiger partial charge in [-0.15, -0.1) is 0 Å². The first-order valence-electron chi connectivity index (χ1n) is 6.40. The van der Waals surface area contributed by atoms with Gasteiger partial charge in [0.1, 0.15) is 0 Å². The Hall–Kier alpha value is -0.790. The molecule has 0 fully saturated rings. The highest BCUT2D eigenvalue weighted by molar-refractivity contribution is 5.82. The standard InChI is InChI=1S/C14H26O2/c1-5-6-7-8-9-13(4)10-14(15)16-11-12(2)3/h10,12H,5-9,11H2,1-4H3. The third kappa shape index (κ3) is 9.75. The number of hydrogen-bond donors (Lipinski definition) is 0. The van der Waals surface area contributed by atoms with Crippen LogP contribution in [0.1, 0.15) is 59.8 Å². The minimum atomic E-state index is -0.193. The summed E-state index contributed by atoms with van der Waals surface area (Å²) >= 11 is 0. The zero-order valence-corrected chi connectivity index (χ0v) is 11.2. The molecule has 2 nitrogen and oxygen atoms in total. The first-order chi connectivity index (χ1) is 7.56. The maximum absolute atomic E-state index is 11.3. The quantitative estimate of drug-likeness (QED) is 0.354. The van der Waals surface area contributed by atoms with E-state index in [-0.39, 0.29) is 5.97 Å². The van der Waals surface area contributed by atoms with Crippen LogP contribution in [0.5, 0.6) is 0 Å². The van der Waals surface area contributed by atoms with E-state index in [0.29, 0.717) is 12.5 Å². The van der Waals surface area contributed by atoms with Gasteiger partial charge in [-0.25, -0.2) is 4.79 Å². The molecule has 0 aromatic carbocycles. The van der Waals surface area contributed by atoms with Crippen LogP contribution >= 0.6 is 0 Å². The number of allylic oxidation sites excluding steroid dienone is 1. The zero-order valence-electron chi connectivity index (χ0n) is 11.2. The first-order valence-corrected chi connectivity index (χ1v) is 6.40. The van der Waals surface area contributed by atoms with Gasteiger partial charge in [-0.05, 0) is 25.7 Å². The summed E-state index contributed by atoms with van der Waals surface area (Å²) in [7, 11) is 0. The van der Waals surface area contributed by atoms with Crippen LogP contribution in [0.3, 0.4) is 0 Å². The van der Waals surface area contributed by atoms with Crippen molar-refractivity contribution in [1.29, 1.82) is 0 Å². The van der Waals surface area contributed by atoms with Gasteiger partial charge in [-0.1, -0.05) is 45.6 Å². The largest absolute Gasteiger partial charge is 0.462 e. The van der Waals surface area contributed by atoms with Gasteiger partial charge in [0.15, 0.2) is 0 Å². The molecule has 0 saturated carbocycles. The van der Waals surface area contributed by atoms with Crippen molar-refractivity contribution in [2.45, 2.75) is 59.8 Å².